The molecule has 0 bridgehead atoms. The minimum atomic E-state index is -1.28. The van der Waals surface area contributed by atoms with Crippen LogP contribution in [0.4, 0.5) is 0 Å². The number of rotatable bonds is 14. The van der Waals surface area contributed by atoms with Crippen LogP contribution in [-0.2, 0) is 73.1 Å². The number of carbonyl (C=O) groups excluding carboxylic acids is 3. The quantitative estimate of drug-likeness (QED) is 0.161. The van der Waals surface area contributed by atoms with E-state index in [1.807, 2.05) is 60.7 Å². The highest BCUT2D eigenvalue weighted by molar-refractivity contribution is 5.68. The molecule has 14 nitrogen and oxygen atoms in total. The molecule has 0 amide bonds. The van der Waals surface area contributed by atoms with Gasteiger partial charge in [-0.3, -0.25) is 14.4 Å². The molecule has 50 heavy (non-hydrogen) atoms. The summed E-state index contributed by atoms with van der Waals surface area (Å²) >= 11 is 0. The van der Waals surface area contributed by atoms with Gasteiger partial charge in [0, 0.05) is 33.4 Å². The van der Waals surface area contributed by atoms with E-state index in [4.69, 9.17) is 52.1 Å². The van der Waals surface area contributed by atoms with Crippen molar-refractivity contribution in [3.63, 3.8) is 0 Å². The minimum Gasteiger partial charge on any atom is -0.456 e. The average Bonchev–Trinajstić information content (AvgIpc) is 3.10. The van der Waals surface area contributed by atoms with Crippen molar-refractivity contribution in [1.29, 1.82) is 0 Å². The highest BCUT2D eigenvalue weighted by Crippen LogP contribution is 2.38. The smallest absolute Gasteiger partial charge is 0.303 e. The van der Waals surface area contributed by atoms with Crippen molar-refractivity contribution in [2.24, 2.45) is 0 Å². The molecular weight excluding hydrogens is 656 g/mol. The Morgan fingerprint density at radius 3 is 2.02 bits per heavy atom. The first-order valence-corrected chi connectivity index (χ1v) is 16.4. The molecule has 3 saturated heterocycles. The number of esters is 3. The van der Waals surface area contributed by atoms with Crippen molar-refractivity contribution >= 4 is 17.9 Å². The number of hydrogen-bond acceptors (Lipinski definition) is 14. The van der Waals surface area contributed by atoms with Crippen molar-refractivity contribution < 1.29 is 66.5 Å². The third kappa shape index (κ3) is 9.53. The van der Waals surface area contributed by atoms with Gasteiger partial charge in [-0.15, -0.1) is 6.58 Å². The normalized spacial score (nSPS) is 32.3. The first kappa shape index (κ1) is 37.5. The van der Waals surface area contributed by atoms with Crippen LogP contribution >= 0.6 is 0 Å². The summed E-state index contributed by atoms with van der Waals surface area (Å²) in [4.78, 5) is 36.5. The van der Waals surface area contributed by atoms with Crippen LogP contribution in [0, 0.1) is 0 Å². The van der Waals surface area contributed by atoms with E-state index in [1.54, 1.807) is 6.08 Å². The van der Waals surface area contributed by atoms with Gasteiger partial charge in [0.1, 0.15) is 30.5 Å². The van der Waals surface area contributed by atoms with Crippen LogP contribution < -0.4 is 0 Å². The molecular formula is C36H44O14. The molecule has 0 radical (unpaired) electrons. The molecule has 3 fully saturated rings. The predicted molar refractivity (Wildman–Crippen MR) is 172 cm³/mol. The molecule has 1 unspecified atom stereocenters. The van der Waals surface area contributed by atoms with Gasteiger partial charge in [0.15, 0.2) is 37.2 Å². The maximum atomic E-state index is 12.3. The molecule has 3 heterocycles. The molecule has 3 aliphatic rings. The molecule has 5 rings (SSSR count). The van der Waals surface area contributed by atoms with Gasteiger partial charge >= 0.3 is 17.9 Å². The predicted octanol–water partition coefficient (Wildman–Crippen LogP) is 3.17. The molecule has 2 aromatic rings. The third-order valence-corrected chi connectivity index (χ3v) is 8.20. The molecule has 2 aromatic carbocycles. The van der Waals surface area contributed by atoms with Crippen molar-refractivity contribution in [3.05, 3.63) is 84.4 Å². The Labute approximate surface area is 290 Å². The molecule has 0 spiro atoms. The molecule has 11 atom stereocenters. The maximum absolute atomic E-state index is 12.3. The zero-order valence-electron chi connectivity index (χ0n) is 28.5. The highest BCUT2D eigenvalue weighted by atomic mass is 16.8. The summed E-state index contributed by atoms with van der Waals surface area (Å²) < 4.78 is 66.3. The SMILES string of the molecule is C=CCO[C@@H]1[C@H](OCc2ccccc2)[C@H](OC[C@H]2O[C@H](OC)[C@H](OC(C)=O)[C@@H](OC(C)=O)[C@@H]2OC(C)=O)O[C@@H]2COC(c3ccccc3)O[C@@H]12. The number of fused-ring (bicyclic) bond motifs is 1. The van der Waals surface area contributed by atoms with Crippen LogP contribution in [0.1, 0.15) is 38.2 Å². The Hall–Kier alpha value is -3.73. The summed E-state index contributed by atoms with van der Waals surface area (Å²) in [6, 6.07) is 19.1. The van der Waals surface area contributed by atoms with E-state index in [0.717, 1.165) is 11.1 Å². The first-order chi connectivity index (χ1) is 24.2. The number of carbonyl (C=O) groups is 3. The highest BCUT2D eigenvalue weighted by Gasteiger charge is 2.55. The largest absolute Gasteiger partial charge is 0.456 e. The van der Waals surface area contributed by atoms with Crippen LogP contribution in [0.5, 0.6) is 0 Å². The fourth-order valence-electron chi connectivity index (χ4n) is 6.14. The lowest BCUT2D eigenvalue weighted by Gasteiger charge is -2.49. The Balaban J connectivity index is 1.42. The van der Waals surface area contributed by atoms with Crippen molar-refractivity contribution in [3.8, 4) is 0 Å². The van der Waals surface area contributed by atoms with Crippen molar-refractivity contribution in [1.82, 2.24) is 0 Å². The fraction of sp³-hybridized carbons (Fsp3) is 0.528. The molecule has 0 aliphatic carbocycles. The van der Waals surface area contributed by atoms with Gasteiger partial charge in [0.05, 0.1) is 26.4 Å². The number of benzene rings is 2. The van der Waals surface area contributed by atoms with E-state index in [2.05, 4.69) is 6.58 Å². The van der Waals surface area contributed by atoms with Crippen LogP contribution in [0.2, 0.25) is 0 Å². The summed E-state index contributed by atoms with van der Waals surface area (Å²) in [5, 5.41) is 0. The number of ether oxygens (including phenoxy) is 11. The topological polar surface area (TPSA) is 153 Å². The number of hydrogen-bond donors (Lipinski definition) is 0. The van der Waals surface area contributed by atoms with E-state index in [9.17, 15) is 14.4 Å². The van der Waals surface area contributed by atoms with Gasteiger partial charge in [-0.1, -0.05) is 66.7 Å². The van der Waals surface area contributed by atoms with Gasteiger partial charge in [-0.05, 0) is 5.56 Å². The monoisotopic (exact) mass is 700 g/mol. The standard InChI is InChI=1S/C36H44O14/c1-6-17-41-30-28-26(19-43-34(50-28)25-15-11-8-12-16-25)49-36(32(30)42-18-24-13-9-7-10-14-24)44-20-27-29(45-21(2)37)31(46-22(3)38)33(47-23(4)39)35(40-5)48-27/h6-16,26-36H,1,17-20H2,2-5H3/t26-,27-,28-,29-,30+,31+,32+,33-,34?,35+,36-/m1/s1. The summed E-state index contributed by atoms with van der Waals surface area (Å²) in [7, 11) is 1.33. The zero-order chi connectivity index (χ0) is 35.6. The maximum Gasteiger partial charge on any atom is 0.303 e. The Kier molecular flexibility index (Phi) is 13.5. The molecule has 0 N–H and O–H groups in total. The van der Waals surface area contributed by atoms with Crippen LogP contribution in [0.25, 0.3) is 0 Å². The van der Waals surface area contributed by atoms with Gasteiger partial charge in [-0.25, -0.2) is 0 Å². The van der Waals surface area contributed by atoms with Gasteiger partial charge in [0.25, 0.3) is 0 Å². The lowest BCUT2D eigenvalue weighted by molar-refractivity contribution is -0.376. The van der Waals surface area contributed by atoms with Gasteiger partial charge in [0.2, 0.25) is 0 Å². The lowest BCUT2D eigenvalue weighted by atomic mass is 9.96. The van der Waals surface area contributed by atoms with Gasteiger partial charge < -0.3 is 52.1 Å². The van der Waals surface area contributed by atoms with E-state index in [0.29, 0.717) is 0 Å². The first-order valence-electron chi connectivity index (χ1n) is 16.4. The Bertz CT molecular complexity index is 1410. The van der Waals surface area contributed by atoms with Crippen molar-refractivity contribution in [2.75, 3.05) is 26.9 Å². The second-order valence-electron chi connectivity index (χ2n) is 11.9. The molecule has 272 valence electrons. The zero-order valence-corrected chi connectivity index (χ0v) is 28.5. The minimum absolute atomic E-state index is 0.157. The molecule has 0 aromatic heterocycles. The number of methoxy groups -OCH3 is 1. The second-order valence-corrected chi connectivity index (χ2v) is 11.9. The van der Waals surface area contributed by atoms with Crippen LogP contribution in [0.3, 0.4) is 0 Å². The van der Waals surface area contributed by atoms with E-state index in [-0.39, 0.29) is 26.4 Å². The van der Waals surface area contributed by atoms with Crippen molar-refractivity contribution in [2.45, 2.75) is 95.1 Å². The summed E-state index contributed by atoms with van der Waals surface area (Å²) in [6.45, 7) is 7.64. The van der Waals surface area contributed by atoms with E-state index >= 15 is 0 Å². The molecule has 3 aliphatic heterocycles. The summed E-state index contributed by atoms with van der Waals surface area (Å²) in [6.07, 6.45) is -8.99. The Morgan fingerprint density at radius 1 is 0.740 bits per heavy atom. The summed E-state index contributed by atoms with van der Waals surface area (Å²) in [5.74, 6) is -2.08. The van der Waals surface area contributed by atoms with Gasteiger partial charge in [-0.2, -0.15) is 0 Å². The molecule has 0 saturated carbocycles. The lowest BCUT2D eigenvalue weighted by Crippen LogP contribution is -2.65. The van der Waals surface area contributed by atoms with Crippen LogP contribution in [-0.4, -0.2) is 106 Å². The fourth-order valence-corrected chi connectivity index (χ4v) is 6.14. The third-order valence-electron chi connectivity index (χ3n) is 8.20. The molecule has 14 heteroatoms. The average molecular weight is 701 g/mol. The van der Waals surface area contributed by atoms with E-state index in [1.165, 1.54) is 27.9 Å². The second kappa shape index (κ2) is 18.0. The summed E-state index contributed by atoms with van der Waals surface area (Å²) in [5.41, 5.74) is 1.74. The van der Waals surface area contributed by atoms with Crippen LogP contribution in [0.15, 0.2) is 73.3 Å². The Morgan fingerprint density at radius 2 is 1.38 bits per heavy atom. The van der Waals surface area contributed by atoms with E-state index < -0.39 is 85.6 Å².